The van der Waals surface area contributed by atoms with Gasteiger partial charge in [0.25, 0.3) is 0 Å². The Balaban J connectivity index is 2.08. The third-order valence-corrected chi connectivity index (χ3v) is 5.50. The van der Waals surface area contributed by atoms with E-state index < -0.39 is 0 Å². The molecule has 1 heterocycles. The van der Waals surface area contributed by atoms with E-state index in [1.165, 1.54) is 11.1 Å². The van der Waals surface area contributed by atoms with Crippen LogP contribution < -0.4 is 11.2 Å². The number of thiocarbonyl (C=S) groups is 1. The summed E-state index contributed by atoms with van der Waals surface area (Å²) in [5.41, 5.74) is 12.2. The van der Waals surface area contributed by atoms with Crippen LogP contribution in [-0.2, 0) is 0 Å². The summed E-state index contributed by atoms with van der Waals surface area (Å²) >= 11 is 4.99. The second-order valence-corrected chi connectivity index (χ2v) is 7.94. The molecule has 1 saturated heterocycles. The van der Waals surface area contributed by atoms with Gasteiger partial charge in [-0.3, -0.25) is 10.3 Å². The number of hydrogen-bond acceptors (Lipinski definition) is 3. The molecule has 0 saturated carbocycles. The molecule has 3 atom stereocenters. The summed E-state index contributed by atoms with van der Waals surface area (Å²) in [4.78, 5) is 2.50. The lowest BCUT2D eigenvalue weighted by Crippen LogP contribution is -2.46. The van der Waals surface area contributed by atoms with Crippen LogP contribution in [0.15, 0.2) is 65.8 Å². The summed E-state index contributed by atoms with van der Waals surface area (Å²) in [6, 6.07) is 21.8. The highest BCUT2D eigenvalue weighted by Gasteiger charge is 2.42. The molecule has 0 amide bonds. The largest absolute Gasteiger partial charge is 0.375 e. The fourth-order valence-corrected chi connectivity index (χ4v) is 4.27. The molecule has 3 rings (SSSR count). The molecule has 3 N–H and O–H groups in total. The summed E-state index contributed by atoms with van der Waals surface area (Å²) in [6.45, 7) is 4.52. The van der Waals surface area contributed by atoms with Crippen LogP contribution in [0.4, 0.5) is 0 Å². The molecule has 2 aromatic rings. The Morgan fingerprint density at radius 2 is 1.63 bits per heavy atom. The Morgan fingerprint density at radius 1 is 1.07 bits per heavy atom. The first kappa shape index (κ1) is 19.5. The van der Waals surface area contributed by atoms with Crippen molar-refractivity contribution in [3.05, 3.63) is 71.8 Å². The molecule has 2 aromatic carbocycles. The molecule has 3 unspecified atom stereocenters. The SMILES string of the molecule is CC(C)C1C(=NNC(N)=S)CC(c2ccccc2)N(C)C1c1ccccc1. The van der Waals surface area contributed by atoms with Crippen molar-refractivity contribution in [1.82, 2.24) is 10.3 Å². The van der Waals surface area contributed by atoms with Crippen molar-refractivity contribution in [2.75, 3.05) is 7.05 Å². The van der Waals surface area contributed by atoms with E-state index in [0.717, 1.165) is 12.1 Å². The van der Waals surface area contributed by atoms with E-state index in [2.05, 4.69) is 97.0 Å². The molecule has 4 nitrogen and oxygen atoms in total. The first-order valence-electron chi connectivity index (χ1n) is 9.42. The maximum absolute atomic E-state index is 5.65. The number of nitrogens with zero attached hydrogens (tertiary/aromatic N) is 2. The van der Waals surface area contributed by atoms with E-state index in [9.17, 15) is 0 Å². The Hall–Kier alpha value is -2.24. The maximum atomic E-state index is 5.65. The smallest absolute Gasteiger partial charge is 0.184 e. The normalized spacial score (nSPS) is 24.9. The van der Waals surface area contributed by atoms with Crippen molar-refractivity contribution < 1.29 is 0 Å². The Labute approximate surface area is 167 Å². The fourth-order valence-electron chi connectivity index (χ4n) is 4.22. The lowest BCUT2D eigenvalue weighted by atomic mass is 9.73. The van der Waals surface area contributed by atoms with Gasteiger partial charge in [0.05, 0.1) is 0 Å². The first-order chi connectivity index (χ1) is 13.0. The van der Waals surface area contributed by atoms with Gasteiger partial charge in [0.1, 0.15) is 0 Å². The highest BCUT2D eigenvalue weighted by atomic mass is 32.1. The molecular formula is C22H28N4S. The molecule has 0 spiro atoms. The van der Waals surface area contributed by atoms with Crippen molar-refractivity contribution in [2.45, 2.75) is 32.4 Å². The molecule has 27 heavy (non-hydrogen) atoms. The topological polar surface area (TPSA) is 53.6 Å². The van der Waals surface area contributed by atoms with Crippen LogP contribution in [0.2, 0.25) is 0 Å². The van der Waals surface area contributed by atoms with E-state index in [4.69, 9.17) is 18.0 Å². The quantitative estimate of drug-likeness (QED) is 0.614. The molecule has 1 aliphatic heterocycles. The number of nitrogens with one attached hydrogen (secondary N) is 1. The van der Waals surface area contributed by atoms with Gasteiger partial charge >= 0.3 is 0 Å². The van der Waals surface area contributed by atoms with Crippen LogP contribution in [0.1, 0.15) is 43.5 Å². The second-order valence-electron chi connectivity index (χ2n) is 7.50. The van der Waals surface area contributed by atoms with Crippen LogP contribution in [0.3, 0.4) is 0 Å². The molecule has 142 valence electrons. The Bertz CT molecular complexity index is 788. The lowest BCUT2D eigenvalue weighted by molar-refractivity contribution is 0.107. The molecule has 1 fully saturated rings. The zero-order valence-electron chi connectivity index (χ0n) is 16.2. The van der Waals surface area contributed by atoms with Gasteiger partial charge in [-0.05, 0) is 36.3 Å². The van der Waals surface area contributed by atoms with Crippen LogP contribution in [0, 0.1) is 11.8 Å². The number of nitrogens with two attached hydrogens (primary N) is 1. The predicted molar refractivity (Wildman–Crippen MR) is 116 cm³/mol. The van der Waals surface area contributed by atoms with Crippen LogP contribution >= 0.6 is 12.2 Å². The maximum Gasteiger partial charge on any atom is 0.184 e. The minimum Gasteiger partial charge on any atom is -0.375 e. The lowest BCUT2D eigenvalue weighted by Gasteiger charge is -2.47. The van der Waals surface area contributed by atoms with E-state index >= 15 is 0 Å². The van der Waals surface area contributed by atoms with E-state index in [1.807, 2.05) is 0 Å². The average Bonchev–Trinajstić information content (AvgIpc) is 2.67. The van der Waals surface area contributed by atoms with E-state index in [0.29, 0.717) is 5.92 Å². The minimum absolute atomic E-state index is 0.205. The number of hydrazone groups is 1. The van der Waals surface area contributed by atoms with Crippen LogP contribution in [0.5, 0.6) is 0 Å². The Kier molecular flexibility index (Phi) is 6.24. The first-order valence-corrected chi connectivity index (χ1v) is 9.83. The number of hydrogen-bond donors (Lipinski definition) is 2. The molecule has 0 aliphatic carbocycles. The summed E-state index contributed by atoms with van der Waals surface area (Å²) in [6.07, 6.45) is 0.850. The molecule has 0 bridgehead atoms. The van der Waals surface area contributed by atoms with Crippen molar-refractivity contribution >= 4 is 23.0 Å². The zero-order valence-corrected chi connectivity index (χ0v) is 17.0. The number of likely N-dealkylation sites (tertiary alicyclic amines) is 1. The predicted octanol–water partition coefficient (Wildman–Crippen LogP) is 4.27. The van der Waals surface area contributed by atoms with Gasteiger partial charge in [0, 0.05) is 30.1 Å². The third kappa shape index (κ3) is 4.37. The second kappa shape index (κ2) is 8.63. The summed E-state index contributed by atoms with van der Waals surface area (Å²) < 4.78 is 0. The van der Waals surface area contributed by atoms with Gasteiger partial charge < -0.3 is 5.73 Å². The van der Waals surface area contributed by atoms with Gasteiger partial charge in [-0.1, -0.05) is 74.5 Å². The monoisotopic (exact) mass is 380 g/mol. The van der Waals surface area contributed by atoms with Crippen LogP contribution in [-0.4, -0.2) is 22.8 Å². The highest BCUT2D eigenvalue weighted by molar-refractivity contribution is 7.80. The van der Waals surface area contributed by atoms with Crippen molar-refractivity contribution in [2.24, 2.45) is 22.7 Å². The van der Waals surface area contributed by atoms with Crippen LogP contribution in [0.25, 0.3) is 0 Å². The number of piperidine rings is 1. The summed E-state index contributed by atoms with van der Waals surface area (Å²) in [5, 5.41) is 4.85. The van der Waals surface area contributed by atoms with Gasteiger partial charge in [0.15, 0.2) is 5.11 Å². The Morgan fingerprint density at radius 3 is 2.15 bits per heavy atom. The van der Waals surface area contributed by atoms with Gasteiger partial charge in [-0.25, -0.2) is 0 Å². The van der Waals surface area contributed by atoms with Crippen molar-refractivity contribution in [3.8, 4) is 0 Å². The molecule has 0 aromatic heterocycles. The van der Waals surface area contributed by atoms with Crippen molar-refractivity contribution in [3.63, 3.8) is 0 Å². The molecule has 0 radical (unpaired) electrons. The third-order valence-electron chi connectivity index (χ3n) is 5.41. The molecular weight excluding hydrogens is 352 g/mol. The fraction of sp³-hybridized carbons (Fsp3) is 0.364. The summed E-state index contributed by atoms with van der Waals surface area (Å²) in [7, 11) is 2.22. The molecule has 1 aliphatic rings. The zero-order chi connectivity index (χ0) is 19.4. The highest BCUT2D eigenvalue weighted by Crippen LogP contribution is 2.45. The van der Waals surface area contributed by atoms with Gasteiger partial charge in [-0.15, -0.1) is 0 Å². The van der Waals surface area contributed by atoms with Gasteiger partial charge in [-0.2, -0.15) is 5.10 Å². The van der Waals surface area contributed by atoms with E-state index in [1.54, 1.807) is 0 Å². The van der Waals surface area contributed by atoms with E-state index in [-0.39, 0.29) is 23.1 Å². The summed E-state index contributed by atoms with van der Waals surface area (Å²) in [5.74, 6) is 0.709. The standard InChI is InChI=1S/C22H28N4S/c1-15(2)20-18(24-25-22(23)27)14-19(16-10-6-4-7-11-16)26(3)21(20)17-12-8-5-9-13-17/h4-13,15,19-21H,14H2,1-3H3,(H3,23,25,27). The van der Waals surface area contributed by atoms with Crippen molar-refractivity contribution in [1.29, 1.82) is 0 Å². The number of rotatable bonds is 4. The molecule has 5 heteroatoms. The van der Waals surface area contributed by atoms with Gasteiger partial charge in [0.2, 0.25) is 0 Å². The average molecular weight is 381 g/mol. The minimum atomic E-state index is 0.205. The number of benzene rings is 2.